The number of hydrogen-bond acceptors (Lipinski definition) is 3. The standard InChI is InChI=1S/C22H21F2NO3/c1-12-7-19(23)21(20(24)8-12)18-11-25-22(28)17(18)10-16(27)9-14-3-5-15(6-4-14)13(2)26/h3-8,17-18H,9-11H2,1-2H3,(H,25,28)/t17-,18+/m0/s1. The van der Waals surface area contributed by atoms with Crippen molar-refractivity contribution in [2.45, 2.75) is 32.6 Å². The lowest BCUT2D eigenvalue weighted by atomic mass is 9.83. The van der Waals surface area contributed by atoms with Crippen LogP contribution in [0.25, 0.3) is 0 Å². The number of benzene rings is 2. The van der Waals surface area contributed by atoms with Gasteiger partial charge < -0.3 is 5.32 Å². The van der Waals surface area contributed by atoms with Gasteiger partial charge in [0.15, 0.2) is 5.78 Å². The maximum absolute atomic E-state index is 14.4. The van der Waals surface area contributed by atoms with Crippen LogP contribution in [-0.2, 0) is 16.0 Å². The van der Waals surface area contributed by atoms with Gasteiger partial charge in [-0.15, -0.1) is 0 Å². The molecular formula is C22H21F2NO3. The van der Waals surface area contributed by atoms with Gasteiger partial charge in [0.25, 0.3) is 0 Å². The van der Waals surface area contributed by atoms with Crippen LogP contribution in [0.3, 0.4) is 0 Å². The molecule has 2 aromatic carbocycles. The number of Topliss-reactive ketones (excluding diaryl/α,β-unsaturated/α-hetero) is 2. The highest BCUT2D eigenvalue weighted by atomic mass is 19.1. The number of carbonyl (C=O) groups is 3. The third-order valence-corrected chi connectivity index (χ3v) is 5.12. The van der Waals surface area contributed by atoms with Crippen LogP contribution < -0.4 is 5.32 Å². The van der Waals surface area contributed by atoms with Gasteiger partial charge in [-0.3, -0.25) is 14.4 Å². The van der Waals surface area contributed by atoms with E-state index < -0.39 is 23.5 Å². The molecule has 1 N–H and O–H groups in total. The summed E-state index contributed by atoms with van der Waals surface area (Å²) in [5, 5.41) is 2.61. The number of aryl methyl sites for hydroxylation is 1. The van der Waals surface area contributed by atoms with E-state index >= 15 is 0 Å². The minimum atomic E-state index is -0.810. The number of hydrogen-bond donors (Lipinski definition) is 1. The van der Waals surface area contributed by atoms with Gasteiger partial charge >= 0.3 is 0 Å². The van der Waals surface area contributed by atoms with Crippen molar-refractivity contribution in [3.63, 3.8) is 0 Å². The summed E-state index contributed by atoms with van der Waals surface area (Å²) < 4.78 is 28.7. The van der Waals surface area contributed by atoms with Crippen LogP contribution in [0, 0.1) is 24.5 Å². The molecule has 28 heavy (non-hydrogen) atoms. The predicted molar refractivity (Wildman–Crippen MR) is 100 cm³/mol. The van der Waals surface area contributed by atoms with Gasteiger partial charge in [0.05, 0.1) is 5.92 Å². The van der Waals surface area contributed by atoms with E-state index in [-0.39, 0.29) is 42.4 Å². The number of ketones is 2. The third kappa shape index (κ3) is 4.16. The molecule has 2 aromatic rings. The second kappa shape index (κ2) is 8.00. The van der Waals surface area contributed by atoms with Crippen molar-refractivity contribution in [3.05, 3.63) is 70.3 Å². The zero-order valence-electron chi connectivity index (χ0n) is 15.7. The fraction of sp³-hybridized carbons (Fsp3) is 0.318. The summed E-state index contributed by atoms with van der Waals surface area (Å²) in [6.07, 6.45) is -0.00867. The SMILES string of the molecule is CC(=O)c1ccc(CC(=O)C[C@@H]2C(=O)NC[C@H]2c2c(F)cc(C)cc2F)cc1. The second-order valence-electron chi connectivity index (χ2n) is 7.27. The first-order chi connectivity index (χ1) is 13.3. The molecule has 1 aliphatic rings. The van der Waals surface area contributed by atoms with Crippen LogP contribution in [0.5, 0.6) is 0 Å². The van der Waals surface area contributed by atoms with E-state index in [1.807, 2.05) is 0 Å². The quantitative estimate of drug-likeness (QED) is 0.774. The van der Waals surface area contributed by atoms with Gasteiger partial charge in [-0.2, -0.15) is 0 Å². The van der Waals surface area contributed by atoms with E-state index in [0.717, 1.165) is 5.56 Å². The molecule has 0 spiro atoms. The van der Waals surface area contributed by atoms with Crippen LogP contribution in [0.2, 0.25) is 0 Å². The van der Waals surface area contributed by atoms with Gasteiger partial charge in [-0.25, -0.2) is 8.78 Å². The first-order valence-electron chi connectivity index (χ1n) is 9.11. The van der Waals surface area contributed by atoms with Crippen LogP contribution in [0.4, 0.5) is 8.78 Å². The molecule has 146 valence electrons. The molecule has 6 heteroatoms. The van der Waals surface area contributed by atoms with Gasteiger partial charge in [-0.1, -0.05) is 24.3 Å². The molecular weight excluding hydrogens is 364 g/mol. The Balaban J connectivity index is 1.75. The van der Waals surface area contributed by atoms with Gasteiger partial charge in [-0.05, 0) is 37.1 Å². The Hall–Kier alpha value is -2.89. The molecule has 0 bridgehead atoms. The lowest BCUT2D eigenvalue weighted by Gasteiger charge is -2.18. The molecule has 0 unspecified atom stereocenters. The largest absolute Gasteiger partial charge is 0.355 e. The van der Waals surface area contributed by atoms with E-state index in [0.29, 0.717) is 11.1 Å². The van der Waals surface area contributed by atoms with Gasteiger partial charge in [0.2, 0.25) is 5.91 Å². The highest BCUT2D eigenvalue weighted by Gasteiger charge is 2.39. The summed E-state index contributed by atoms with van der Waals surface area (Å²) in [6, 6.07) is 9.15. The molecule has 1 saturated heterocycles. The zero-order valence-corrected chi connectivity index (χ0v) is 15.7. The Kier molecular flexibility index (Phi) is 5.68. The molecule has 1 amide bonds. The smallest absolute Gasteiger partial charge is 0.224 e. The molecule has 1 aliphatic heterocycles. The lowest BCUT2D eigenvalue weighted by Crippen LogP contribution is -2.23. The molecule has 0 aliphatic carbocycles. The summed E-state index contributed by atoms with van der Waals surface area (Å²) in [6.45, 7) is 3.15. The third-order valence-electron chi connectivity index (χ3n) is 5.12. The normalized spacial score (nSPS) is 18.8. The molecule has 3 rings (SSSR count). The van der Waals surface area contributed by atoms with Gasteiger partial charge in [0, 0.05) is 36.4 Å². The topological polar surface area (TPSA) is 63.2 Å². The van der Waals surface area contributed by atoms with E-state index in [1.54, 1.807) is 31.2 Å². The Morgan fingerprint density at radius 2 is 1.71 bits per heavy atom. The van der Waals surface area contributed by atoms with Crippen LogP contribution in [0.1, 0.15) is 46.3 Å². The average Bonchev–Trinajstić information content (AvgIpc) is 2.95. The molecule has 0 aromatic heterocycles. The molecule has 2 atom stereocenters. The fourth-order valence-corrected chi connectivity index (χ4v) is 3.67. The Morgan fingerprint density at radius 1 is 1.11 bits per heavy atom. The number of amides is 1. The van der Waals surface area contributed by atoms with E-state index in [1.165, 1.54) is 19.1 Å². The first kappa shape index (κ1) is 19.9. The molecule has 0 saturated carbocycles. The Bertz CT molecular complexity index is 914. The van der Waals surface area contributed by atoms with Crippen molar-refractivity contribution in [1.29, 1.82) is 0 Å². The zero-order chi connectivity index (χ0) is 20.4. The first-order valence-corrected chi connectivity index (χ1v) is 9.11. The predicted octanol–water partition coefficient (Wildman–Crippen LogP) is 3.51. The lowest BCUT2D eigenvalue weighted by molar-refractivity contribution is -0.127. The van der Waals surface area contributed by atoms with Crippen molar-refractivity contribution in [2.75, 3.05) is 6.54 Å². The highest BCUT2D eigenvalue weighted by molar-refractivity contribution is 5.94. The second-order valence-corrected chi connectivity index (χ2v) is 7.27. The number of rotatable bonds is 6. The highest BCUT2D eigenvalue weighted by Crippen LogP contribution is 2.35. The number of carbonyl (C=O) groups excluding carboxylic acids is 3. The van der Waals surface area contributed by atoms with Crippen LogP contribution in [0.15, 0.2) is 36.4 Å². The number of nitrogens with one attached hydrogen (secondary N) is 1. The summed E-state index contributed by atoms with van der Waals surface area (Å²) in [4.78, 5) is 36.0. The summed E-state index contributed by atoms with van der Waals surface area (Å²) in [5.74, 6) is -3.56. The summed E-state index contributed by atoms with van der Waals surface area (Å²) in [5.41, 5.74) is 1.58. The van der Waals surface area contributed by atoms with Crippen LogP contribution >= 0.6 is 0 Å². The molecule has 1 heterocycles. The van der Waals surface area contributed by atoms with Crippen molar-refractivity contribution < 1.29 is 23.2 Å². The number of halogens is 2. The van der Waals surface area contributed by atoms with E-state index in [4.69, 9.17) is 0 Å². The minimum absolute atomic E-state index is 0.0644. The molecule has 1 fully saturated rings. The van der Waals surface area contributed by atoms with Crippen molar-refractivity contribution in [2.24, 2.45) is 5.92 Å². The maximum atomic E-state index is 14.4. The minimum Gasteiger partial charge on any atom is -0.355 e. The van der Waals surface area contributed by atoms with E-state index in [2.05, 4.69) is 5.32 Å². The summed E-state index contributed by atoms with van der Waals surface area (Å²) >= 11 is 0. The maximum Gasteiger partial charge on any atom is 0.224 e. The monoisotopic (exact) mass is 385 g/mol. The van der Waals surface area contributed by atoms with Gasteiger partial charge in [0.1, 0.15) is 17.4 Å². The molecule has 4 nitrogen and oxygen atoms in total. The van der Waals surface area contributed by atoms with Crippen LogP contribution in [-0.4, -0.2) is 24.0 Å². The van der Waals surface area contributed by atoms with Crippen molar-refractivity contribution in [1.82, 2.24) is 5.32 Å². The average molecular weight is 385 g/mol. The van der Waals surface area contributed by atoms with Crippen molar-refractivity contribution >= 4 is 17.5 Å². The Labute approximate surface area is 161 Å². The summed E-state index contributed by atoms with van der Waals surface area (Å²) in [7, 11) is 0. The fourth-order valence-electron chi connectivity index (χ4n) is 3.67. The van der Waals surface area contributed by atoms with E-state index in [9.17, 15) is 23.2 Å². The molecule has 0 radical (unpaired) electrons. The Morgan fingerprint density at radius 3 is 2.29 bits per heavy atom. The van der Waals surface area contributed by atoms with Crippen molar-refractivity contribution in [3.8, 4) is 0 Å².